The van der Waals surface area contributed by atoms with E-state index >= 15 is 0 Å². The van der Waals surface area contributed by atoms with Crippen molar-refractivity contribution in [1.82, 2.24) is 5.32 Å². The predicted octanol–water partition coefficient (Wildman–Crippen LogP) is 3.13. The van der Waals surface area contributed by atoms with E-state index in [2.05, 4.69) is 19.2 Å². The summed E-state index contributed by atoms with van der Waals surface area (Å²) < 4.78 is 16.8. The first-order valence-electron chi connectivity index (χ1n) is 8.05. The van der Waals surface area contributed by atoms with Crippen LogP contribution in [-0.2, 0) is 20.6 Å². The summed E-state index contributed by atoms with van der Waals surface area (Å²) in [5, 5.41) is 3.25. The van der Waals surface area contributed by atoms with E-state index in [0.717, 1.165) is 11.0 Å². The minimum absolute atomic E-state index is 0.00114. The van der Waals surface area contributed by atoms with Crippen molar-refractivity contribution in [3.63, 3.8) is 0 Å². The van der Waals surface area contributed by atoms with E-state index in [4.69, 9.17) is 25.6 Å². The zero-order valence-electron chi connectivity index (χ0n) is 14.9. The van der Waals surface area contributed by atoms with Gasteiger partial charge in [0.1, 0.15) is 5.60 Å². The monoisotopic (exact) mass is 353 g/mol. The molecule has 1 aromatic carbocycles. The van der Waals surface area contributed by atoms with Crippen LogP contribution in [0.5, 0.6) is 0 Å². The van der Waals surface area contributed by atoms with Gasteiger partial charge in [-0.15, -0.1) is 0 Å². The smallest absolute Gasteiger partial charge is 0.444 e. The second-order valence-corrected chi connectivity index (χ2v) is 8.17. The normalized spacial score (nSPS) is 17.5. The first kappa shape index (κ1) is 19.1. The van der Waals surface area contributed by atoms with Crippen LogP contribution in [0.25, 0.3) is 0 Å². The fourth-order valence-electron chi connectivity index (χ4n) is 2.27. The molecule has 1 amide bonds. The van der Waals surface area contributed by atoms with E-state index in [-0.39, 0.29) is 12.0 Å². The van der Waals surface area contributed by atoms with Gasteiger partial charge in [-0.05, 0) is 26.3 Å². The van der Waals surface area contributed by atoms with Gasteiger partial charge >= 0.3 is 13.2 Å². The predicted molar refractivity (Wildman–Crippen MR) is 95.6 cm³/mol. The molecule has 0 saturated carbocycles. The first-order chi connectivity index (χ1) is 11.1. The molecule has 0 spiro atoms. The van der Waals surface area contributed by atoms with Crippen LogP contribution < -0.4 is 10.8 Å². The fourth-order valence-corrected chi connectivity index (χ4v) is 2.55. The summed E-state index contributed by atoms with van der Waals surface area (Å²) in [6, 6.07) is 5.61. The SMILES string of the molecule is CC1(C)COB(c2cccc(CNC(=O)OC(C)(C)C)c2Cl)OC1. The molecule has 0 atom stereocenters. The highest BCUT2D eigenvalue weighted by Gasteiger charge is 2.35. The molecular weight excluding hydrogens is 328 g/mol. The third kappa shape index (κ3) is 5.40. The molecule has 0 bridgehead atoms. The third-order valence-corrected chi connectivity index (χ3v) is 3.90. The number of carbonyl (C=O) groups is 1. The molecular formula is C17H25BClNO4. The van der Waals surface area contributed by atoms with E-state index in [0.29, 0.717) is 18.2 Å². The van der Waals surface area contributed by atoms with Gasteiger partial charge in [0.25, 0.3) is 0 Å². The average molecular weight is 354 g/mol. The molecule has 5 nitrogen and oxygen atoms in total. The molecule has 132 valence electrons. The highest BCUT2D eigenvalue weighted by Crippen LogP contribution is 2.23. The van der Waals surface area contributed by atoms with Crippen molar-refractivity contribution in [2.24, 2.45) is 5.41 Å². The topological polar surface area (TPSA) is 56.8 Å². The average Bonchev–Trinajstić information content (AvgIpc) is 2.45. The Morgan fingerprint density at radius 1 is 1.33 bits per heavy atom. The Bertz CT molecular complexity index is 591. The van der Waals surface area contributed by atoms with Gasteiger partial charge in [-0.3, -0.25) is 0 Å². The van der Waals surface area contributed by atoms with Crippen molar-refractivity contribution in [1.29, 1.82) is 0 Å². The number of hydrogen-bond acceptors (Lipinski definition) is 4. The summed E-state index contributed by atoms with van der Waals surface area (Å²) in [6.45, 7) is 11.1. The summed E-state index contributed by atoms with van der Waals surface area (Å²) in [5.41, 5.74) is 1.03. The molecule has 1 aromatic rings. The number of amides is 1. The standard InChI is InChI=1S/C17H25BClNO4/c1-16(2,3)24-15(21)20-9-12-7-6-8-13(14(12)19)18-22-10-17(4,5)11-23-18/h6-8H,9-11H2,1-5H3,(H,20,21). The molecule has 7 heteroatoms. The van der Waals surface area contributed by atoms with Crippen molar-refractivity contribution < 1.29 is 18.8 Å². The van der Waals surface area contributed by atoms with Gasteiger partial charge < -0.3 is 19.4 Å². The van der Waals surface area contributed by atoms with Gasteiger partial charge in [-0.2, -0.15) is 0 Å². The maximum Gasteiger partial charge on any atom is 0.495 e. The van der Waals surface area contributed by atoms with Crippen molar-refractivity contribution in [3.05, 3.63) is 28.8 Å². The number of alkyl carbamates (subject to hydrolysis) is 1. The van der Waals surface area contributed by atoms with Crippen molar-refractivity contribution in [2.45, 2.75) is 46.8 Å². The maximum absolute atomic E-state index is 11.8. The lowest BCUT2D eigenvalue weighted by Crippen LogP contribution is -2.48. The summed E-state index contributed by atoms with van der Waals surface area (Å²) in [5.74, 6) is 0. The van der Waals surface area contributed by atoms with Crippen LogP contribution in [-0.4, -0.2) is 32.0 Å². The molecule has 1 N–H and O–H groups in total. The number of nitrogens with one attached hydrogen (secondary N) is 1. The van der Waals surface area contributed by atoms with Gasteiger partial charge in [0.05, 0.1) is 0 Å². The summed E-state index contributed by atoms with van der Waals surface area (Å²) in [7, 11) is -0.480. The fraction of sp³-hybridized carbons (Fsp3) is 0.588. The quantitative estimate of drug-likeness (QED) is 0.848. The second-order valence-electron chi connectivity index (χ2n) is 7.79. The molecule has 1 aliphatic rings. The van der Waals surface area contributed by atoms with Gasteiger partial charge in [0, 0.05) is 35.7 Å². The summed E-state index contributed by atoms with van der Waals surface area (Å²) in [4.78, 5) is 11.8. The second kappa shape index (κ2) is 7.34. The molecule has 24 heavy (non-hydrogen) atoms. The zero-order chi connectivity index (χ0) is 18.0. The molecule has 0 aliphatic carbocycles. The van der Waals surface area contributed by atoms with Gasteiger partial charge in [0.2, 0.25) is 0 Å². The highest BCUT2D eigenvalue weighted by atomic mass is 35.5. The molecule has 1 fully saturated rings. The highest BCUT2D eigenvalue weighted by molar-refractivity contribution is 6.65. The van der Waals surface area contributed by atoms with E-state index in [1.165, 1.54) is 0 Å². The molecule has 0 unspecified atom stereocenters. The van der Waals surface area contributed by atoms with Crippen molar-refractivity contribution >= 4 is 30.3 Å². The van der Waals surface area contributed by atoms with E-state index in [1.54, 1.807) is 0 Å². The van der Waals surface area contributed by atoms with Gasteiger partial charge in [0.15, 0.2) is 0 Å². The number of halogens is 1. The molecule has 0 radical (unpaired) electrons. The number of hydrogen-bond donors (Lipinski definition) is 1. The van der Waals surface area contributed by atoms with Crippen LogP contribution >= 0.6 is 11.6 Å². The van der Waals surface area contributed by atoms with E-state index in [9.17, 15) is 4.79 Å². The molecule has 1 heterocycles. The number of ether oxygens (including phenoxy) is 1. The van der Waals surface area contributed by atoms with Crippen LogP contribution in [0.2, 0.25) is 5.02 Å². The maximum atomic E-state index is 11.8. The van der Waals surface area contributed by atoms with Crippen LogP contribution in [0.3, 0.4) is 0 Å². The lowest BCUT2D eigenvalue weighted by Gasteiger charge is -2.33. The summed E-state index contributed by atoms with van der Waals surface area (Å²) in [6.07, 6.45) is -0.476. The van der Waals surface area contributed by atoms with Crippen LogP contribution in [0.4, 0.5) is 4.79 Å². The molecule has 1 aliphatic heterocycles. The lowest BCUT2D eigenvalue weighted by atomic mass is 9.75. The third-order valence-electron chi connectivity index (χ3n) is 3.44. The van der Waals surface area contributed by atoms with Crippen molar-refractivity contribution in [3.8, 4) is 0 Å². The molecule has 0 aromatic heterocycles. The van der Waals surface area contributed by atoms with Gasteiger partial charge in [-0.1, -0.05) is 43.6 Å². The number of benzene rings is 1. The Balaban J connectivity index is 2.02. The first-order valence-corrected chi connectivity index (χ1v) is 8.42. The largest absolute Gasteiger partial charge is 0.495 e. The minimum atomic E-state index is -0.535. The van der Waals surface area contributed by atoms with E-state index in [1.807, 2.05) is 39.0 Å². The van der Waals surface area contributed by atoms with Crippen molar-refractivity contribution in [2.75, 3.05) is 13.2 Å². The Hall–Kier alpha value is -1.24. The van der Waals surface area contributed by atoms with Crippen LogP contribution in [0, 0.1) is 5.41 Å². The Morgan fingerprint density at radius 3 is 2.54 bits per heavy atom. The Morgan fingerprint density at radius 2 is 1.96 bits per heavy atom. The van der Waals surface area contributed by atoms with E-state index < -0.39 is 18.8 Å². The van der Waals surface area contributed by atoms with Crippen LogP contribution in [0.1, 0.15) is 40.2 Å². The Kier molecular flexibility index (Phi) is 5.84. The molecule has 2 rings (SSSR count). The minimum Gasteiger partial charge on any atom is -0.444 e. The zero-order valence-corrected chi connectivity index (χ0v) is 15.7. The lowest BCUT2D eigenvalue weighted by molar-refractivity contribution is 0.0343. The number of rotatable bonds is 3. The molecule has 1 saturated heterocycles. The van der Waals surface area contributed by atoms with Gasteiger partial charge in [-0.25, -0.2) is 4.79 Å². The summed E-state index contributed by atoms with van der Waals surface area (Å²) >= 11 is 6.48. The number of carbonyl (C=O) groups excluding carboxylic acids is 1. The Labute approximate surface area is 149 Å². The van der Waals surface area contributed by atoms with Crippen LogP contribution in [0.15, 0.2) is 18.2 Å².